The maximum absolute atomic E-state index is 6.38. The van der Waals surface area contributed by atoms with Gasteiger partial charge < -0.3 is 4.74 Å². The molecule has 4 rings (SSSR count). The highest BCUT2D eigenvalue weighted by Crippen LogP contribution is 2.37. The molecule has 0 atom stereocenters. The van der Waals surface area contributed by atoms with Crippen molar-refractivity contribution in [2.75, 3.05) is 0 Å². The maximum atomic E-state index is 6.38. The Morgan fingerprint density at radius 3 is 2.35 bits per heavy atom. The lowest BCUT2D eigenvalue weighted by molar-refractivity contribution is 0.471. The lowest BCUT2D eigenvalue weighted by Gasteiger charge is -2.23. The van der Waals surface area contributed by atoms with Gasteiger partial charge in [0.05, 0.1) is 0 Å². The van der Waals surface area contributed by atoms with Gasteiger partial charge in [0.25, 0.3) is 0 Å². The van der Waals surface area contributed by atoms with Crippen molar-refractivity contribution in [2.45, 2.75) is 34.1 Å². The third kappa shape index (κ3) is 2.64. The molecule has 0 spiro atoms. The van der Waals surface area contributed by atoms with Crippen molar-refractivity contribution < 1.29 is 4.74 Å². The molecule has 1 nitrogen and oxygen atoms in total. The second kappa shape index (κ2) is 6.49. The molecule has 0 amide bonds. The summed E-state index contributed by atoms with van der Waals surface area (Å²) in [6.07, 6.45) is 3.15. The van der Waals surface area contributed by atoms with Gasteiger partial charge in [-0.2, -0.15) is 0 Å². The Morgan fingerprint density at radius 2 is 1.65 bits per heavy atom. The van der Waals surface area contributed by atoms with Crippen LogP contribution in [0.4, 0.5) is 0 Å². The van der Waals surface area contributed by atoms with Gasteiger partial charge in [-0.1, -0.05) is 43.3 Å². The summed E-state index contributed by atoms with van der Waals surface area (Å²) in [6.45, 7) is 8.63. The van der Waals surface area contributed by atoms with Crippen LogP contribution in [0.3, 0.4) is 0 Å². The second-order valence-electron chi connectivity index (χ2n) is 6.97. The number of aryl methyl sites for hydroxylation is 3. The van der Waals surface area contributed by atoms with E-state index >= 15 is 0 Å². The predicted molar refractivity (Wildman–Crippen MR) is 109 cm³/mol. The largest absolute Gasteiger partial charge is 0.456 e. The van der Waals surface area contributed by atoms with Crippen LogP contribution in [-0.2, 0) is 6.42 Å². The van der Waals surface area contributed by atoms with Crippen LogP contribution in [0.1, 0.15) is 41.7 Å². The fraction of sp³-hybridized carbons (Fsp3) is 0.200. The van der Waals surface area contributed by atoms with Crippen LogP contribution in [0.5, 0.6) is 11.5 Å². The van der Waals surface area contributed by atoms with Crippen molar-refractivity contribution in [3.63, 3.8) is 0 Å². The monoisotopic (exact) mass is 340 g/mol. The fourth-order valence-corrected chi connectivity index (χ4v) is 3.86. The average Bonchev–Trinajstić information content (AvgIpc) is 2.66. The molecule has 1 aliphatic heterocycles. The zero-order chi connectivity index (χ0) is 18.3. The minimum absolute atomic E-state index is 0.945. The number of hydrogen-bond donors (Lipinski definition) is 0. The molecule has 1 aliphatic rings. The predicted octanol–water partition coefficient (Wildman–Crippen LogP) is 5.02. The molecular formula is C25H24O. The molecule has 0 bridgehead atoms. The van der Waals surface area contributed by atoms with Crippen LogP contribution in [0.25, 0.3) is 11.6 Å². The third-order valence-electron chi connectivity index (χ3n) is 5.32. The highest BCUT2D eigenvalue weighted by molar-refractivity contribution is 5.85. The van der Waals surface area contributed by atoms with Crippen LogP contribution < -0.4 is 15.2 Å². The third-order valence-corrected chi connectivity index (χ3v) is 5.32. The van der Waals surface area contributed by atoms with Gasteiger partial charge in [0, 0.05) is 16.4 Å². The van der Waals surface area contributed by atoms with E-state index in [9.17, 15) is 0 Å². The summed E-state index contributed by atoms with van der Waals surface area (Å²) in [5.41, 5.74) is 7.61. The standard InChI is InChI=1S/C25H24O/c1-5-18-14-23-21(12-16(18)3)25(20-10-8-7-9-11-20)22-13-17(4)19(6-2)15-24(22)26-23/h5,7-15H,6H2,1-4H3/b18-5-. The van der Waals surface area contributed by atoms with Gasteiger partial charge in [-0.25, -0.2) is 0 Å². The molecule has 0 aromatic heterocycles. The first-order chi connectivity index (χ1) is 12.6. The Labute approximate surface area is 155 Å². The summed E-state index contributed by atoms with van der Waals surface area (Å²) < 4.78 is 6.38. The number of fused-ring (bicyclic) bond motifs is 2. The van der Waals surface area contributed by atoms with E-state index < -0.39 is 0 Å². The molecule has 3 aromatic rings. The van der Waals surface area contributed by atoms with Gasteiger partial charge in [0.2, 0.25) is 0 Å². The van der Waals surface area contributed by atoms with E-state index in [2.05, 4.69) is 88.4 Å². The Hall–Kier alpha value is -2.80. The summed E-state index contributed by atoms with van der Waals surface area (Å²) in [6, 6.07) is 19.6. The van der Waals surface area contributed by atoms with E-state index in [0.29, 0.717) is 0 Å². The molecule has 0 unspecified atom stereocenters. The molecule has 0 saturated heterocycles. The van der Waals surface area contributed by atoms with Gasteiger partial charge in [0.1, 0.15) is 11.5 Å². The normalized spacial score (nSPS) is 13.2. The minimum atomic E-state index is 0.945. The van der Waals surface area contributed by atoms with E-state index in [1.807, 2.05) is 0 Å². The molecule has 0 aliphatic carbocycles. The van der Waals surface area contributed by atoms with Crippen molar-refractivity contribution in [3.05, 3.63) is 92.9 Å². The first kappa shape index (κ1) is 16.7. The zero-order valence-electron chi connectivity index (χ0n) is 15.9. The first-order valence-corrected chi connectivity index (χ1v) is 9.31. The van der Waals surface area contributed by atoms with Crippen LogP contribution in [0.15, 0.2) is 54.6 Å². The van der Waals surface area contributed by atoms with Crippen LogP contribution in [0, 0.1) is 13.8 Å². The first-order valence-electron chi connectivity index (χ1n) is 9.31. The lowest BCUT2D eigenvalue weighted by Crippen LogP contribution is -2.22. The summed E-state index contributed by atoms with van der Waals surface area (Å²) in [4.78, 5) is 0. The molecular weight excluding hydrogens is 316 g/mol. The summed E-state index contributed by atoms with van der Waals surface area (Å²) in [7, 11) is 0. The smallest absolute Gasteiger partial charge is 0.135 e. The Balaban J connectivity index is 2.14. The quantitative estimate of drug-likeness (QED) is 0.498. The molecule has 1 heterocycles. The van der Waals surface area contributed by atoms with Gasteiger partial charge in [-0.05, 0) is 78.9 Å². The Morgan fingerprint density at radius 1 is 0.885 bits per heavy atom. The van der Waals surface area contributed by atoms with Crippen molar-refractivity contribution in [1.82, 2.24) is 0 Å². The summed E-state index contributed by atoms with van der Waals surface area (Å²) in [5.74, 6) is 1.91. The van der Waals surface area contributed by atoms with Crippen LogP contribution in [0.2, 0.25) is 0 Å². The maximum Gasteiger partial charge on any atom is 0.135 e. The summed E-state index contributed by atoms with van der Waals surface area (Å²) >= 11 is 0. The SMILES string of the molecule is C/C=c1/cc2c(cc1C)=C(c1ccccc1)c1cc(C)c(CC)cc1O2. The Bertz CT molecular complexity index is 1110. The van der Waals surface area contributed by atoms with Gasteiger partial charge in [-0.15, -0.1) is 0 Å². The minimum Gasteiger partial charge on any atom is -0.456 e. The lowest BCUT2D eigenvalue weighted by atomic mass is 9.89. The van der Waals surface area contributed by atoms with Gasteiger partial charge >= 0.3 is 0 Å². The molecule has 0 radical (unpaired) electrons. The molecule has 0 saturated carbocycles. The average molecular weight is 340 g/mol. The van der Waals surface area contributed by atoms with Gasteiger partial charge in [-0.3, -0.25) is 0 Å². The topological polar surface area (TPSA) is 9.23 Å². The van der Waals surface area contributed by atoms with Crippen molar-refractivity contribution >= 4 is 11.6 Å². The molecule has 26 heavy (non-hydrogen) atoms. The molecule has 0 N–H and O–H groups in total. The van der Waals surface area contributed by atoms with Crippen molar-refractivity contribution in [2.24, 2.45) is 0 Å². The van der Waals surface area contributed by atoms with E-state index in [1.165, 1.54) is 43.8 Å². The van der Waals surface area contributed by atoms with Crippen molar-refractivity contribution in [1.29, 1.82) is 0 Å². The number of hydrogen-bond acceptors (Lipinski definition) is 1. The summed E-state index contributed by atoms with van der Waals surface area (Å²) in [5, 5.41) is 2.40. The number of benzene rings is 3. The molecule has 3 aromatic carbocycles. The van der Waals surface area contributed by atoms with Gasteiger partial charge in [0.15, 0.2) is 0 Å². The van der Waals surface area contributed by atoms with Crippen LogP contribution >= 0.6 is 0 Å². The van der Waals surface area contributed by atoms with E-state index in [1.54, 1.807) is 0 Å². The van der Waals surface area contributed by atoms with E-state index in [0.717, 1.165) is 17.9 Å². The Kier molecular flexibility index (Phi) is 4.16. The molecule has 1 heteroatoms. The molecule has 0 fully saturated rings. The van der Waals surface area contributed by atoms with Crippen LogP contribution in [-0.4, -0.2) is 0 Å². The zero-order valence-corrected chi connectivity index (χ0v) is 15.9. The van der Waals surface area contributed by atoms with Crippen molar-refractivity contribution in [3.8, 4) is 11.5 Å². The number of ether oxygens (including phenoxy) is 1. The highest BCUT2D eigenvalue weighted by Gasteiger charge is 2.21. The second-order valence-corrected chi connectivity index (χ2v) is 6.97. The highest BCUT2D eigenvalue weighted by atomic mass is 16.5. The fourth-order valence-electron chi connectivity index (χ4n) is 3.86. The van der Waals surface area contributed by atoms with E-state index in [-0.39, 0.29) is 0 Å². The molecule has 130 valence electrons. The van der Waals surface area contributed by atoms with E-state index in [4.69, 9.17) is 4.74 Å². The number of rotatable bonds is 2.